The quantitative estimate of drug-likeness (QED) is 0.725. The summed E-state index contributed by atoms with van der Waals surface area (Å²) in [6.45, 7) is 3.95. The minimum absolute atomic E-state index is 0.0571. The summed E-state index contributed by atoms with van der Waals surface area (Å²) in [4.78, 5) is 12.3. The first-order valence-electron chi connectivity index (χ1n) is 6.02. The molecule has 0 aromatic heterocycles. The minimum Gasteiger partial charge on any atom is -0.294 e. The van der Waals surface area contributed by atoms with E-state index in [-0.39, 0.29) is 12.2 Å². The van der Waals surface area contributed by atoms with Crippen LogP contribution >= 0.6 is 23.2 Å². The van der Waals surface area contributed by atoms with Gasteiger partial charge in [-0.05, 0) is 43.2 Å². The maximum absolute atomic E-state index is 12.3. The van der Waals surface area contributed by atoms with E-state index < -0.39 is 0 Å². The third kappa shape index (κ3) is 3.37. The summed E-state index contributed by atoms with van der Waals surface area (Å²) < 4.78 is 0. The fraction of sp³-hybridized carbons (Fsp3) is 0.188. The molecule has 0 fully saturated rings. The highest BCUT2D eigenvalue weighted by Gasteiger charge is 2.12. The number of Topliss-reactive ketones (excluding diaryl/α,β-unsaturated/α-hetero) is 1. The van der Waals surface area contributed by atoms with Crippen LogP contribution < -0.4 is 0 Å². The predicted molar refractivity (Wildman–Crippen MR) is 80.4 cm³/mol. The molecule has 0 radical (unpaired) electrons. The molecule has 0 bridgehead atoms. The Morgan fingerprint density at radius 2 is 1.79 bits per heavy atom. The highest BCUT2D eigenvalue weighted by molar-refractivity contribution is 6.33. The van der Waals surface area contributed by atoms with E-state index in [1.54, 1.807) is 18.2 Å². The summed E-state index contributed by atoms with van der Waals surface area (Å²) in [6.07, 6.45) is 0.267. The fourth-order valence-electron chi connectivity index (χ4n) is 2.07. The molecule has 0 amide bonds. The molecule has 0 N–H and O–H groups in total. The Morgan fingerprint density at radius 1 is 1.05 bits per heavy atom. The summed E-state index contributed by atoms with van der Waals surface area (Å²) in [5.41, 5.74) is 3.64. The van der Waals surface area contributed by atoms with Crippen molar-refractivity contribution in [1.29, 1.82) is 0 Å². The molecule has 0 unspecified atom stereocenters. The summed E-state index contributed by atoms with van der Waals surface area (Å²) in [5.74, 6) is 0.0571. The van der Waals surface area contributed by atoms with E-state index in [4.69, 9.17) is 23.2 Å². The van der Waals surface area contributed by atoms with Crippen LogP contribution in [0, 0.1) is 13.8 Å². The largest absolute Gasteiger partial charge is 0.294 e. The molecular weight excluding hydrogens is 279 g/mol. The number of carbonyl (C=O) groups is 1. The number of benzene rings is 2. The molecule has 2 aromatic rings. The average molecular weight is 293 g/mol. The van der Waals surface area contributed by atoms with Gasteiger partial charge in [0.1, 0.15) is 0 Å². The van der Waals surface area contributed by atoms with Crippen molar-refractivity contribution in [2.45, 2.75) is 20.3 Å². The standard InChI is InChI=1S/C16H14Cl2O/c1-10-3-5-14(11(2)7-10)16(19)9-12-8-13(17)4-6-15(12)18/h3-8H,9H2,1-2H3. The molecule has 19 heavy (non-hydrogen) atoms. The van der Waals surface area contributed by atoms with Gasteiger partial charge in [0, 0.05) is 22.0 Å². The average Bonchev–Trinajstić information content (AvgIpc) is 2.33. The Bertz CT molecular complexity index is 633. The molecule has 2 aromatic carbocycles. The summed E-state index contributed by atoms with van der Waals surface area (Å²) in [5, 5.41) is 1.16. The molecule has 0 atom stereocenters. The zero-order valence-corrected chi connectivity index (χ0v) is 12.3. The Balaban J connectivity index is 2.28. The van der Waals surface area contributed by atoms with Gasteiger partial charge in [-0.25, -0.2) is 0 Å². The van der Waals surface area contributed by atoms with Crippen molar-refractivity contribution in [3.05, 3.63) is 68.7 Å². The zero-order chi connectivity index (χ0) is 14.0. The van der Waals surface area contributed by atoms with Crippen molar-refractivity contribution >= 4 is 29.0 Å². The molecule has 1 nitrogen and oxygen atoms in total. The second kappa shape index (κ2) is 5.77. The highest BCUT2D eigenvalue weighted by Crippen LogP contribution is 2.23. The maximum Gasteiger partial charge on any atom is 0.167 e. The number of hydrogen-bond donors (Lipinski definition) is 0. The van der Waals surface area contributed by atoms with Crippen LogP contribution in [0.3, 0.4) is 0 Å². The van der Waals surface area contributed by atoms with Crippen LogP contribution in [0.1, 0.15) is 27.0 Å². The lowest BCUT2D eigenvalue weighted by atomic mass is 9.98. The second-order valence-corrected chi connectivity index (χ2v) is 5.50. The molecule has 2 rings (SSSR count). The van der Waals surface area contributed by atoms with Gasteiger partial charge < -0.3 is 0 Å². The predicted octanol–water partition coefficient (Wildman–Crippen LogP) is 5.04. The van der Waals surface area contributed by atoms with Gasteiger partial charge in [0.05, 0.1) is 0 Å². The molecule has 0 saturated heterocycles. The van der Waals surface area contributed by atoms with Crippen LogP contribution in [-0.2, 0) is 6.42 Å². The number of aryl methyl sites for hydroxylation is 2. The maximum atomic E-state index is 12.3. The normalized spacial score (nSPS) is 10.5. The van der Waals surface area contributed by atoms with E-state index in [1.165, 1.54) is 0 Å². The highest BCUT2D eigenvalue weighted by atomic mass is 35.5. The SMILES string of the molecule is Cc1ccc(C(=O)Cc2cc(Cl)ccc2Cl)c(C)c1. The lowest BCUT2D eigenvalue weighted by molar-refractivity contribution is 0.0992. The van der Waals surface area contributed by atoms with Gasteiger partial charge in [0.25, 0.3) is 0 Å². The third-order valence-electron chi connectivity index (χ3n) is 3.04. The lowest BCUT2D eigenvalue weighted by Crippen LogP contribution is -2.06. The molecule has 0 heterocycles. The van der Waals surface area contributed by atoms with Gasteiger partial charge in [-0.3, -0.25) is 4.79 Å². The van der Waals surface area contributed by atoms with Gasteiger partial charge in [-0.1, -0.05) is 47.0 Å². The summed E-state index contributed by atoms with van der Waals surface area (Å²) in [7, 11) is 0. The molecule has 98 valence electrons. The Morgan fingerprint density at radius 3 is 2.47 bits per heavy atom. The molecule has 3 heteroatoms. The lowest BCUT2D eigenvalue weighted by Gasteiger charge is -2.08. The van der Waals surface area contributed by atoms with E-state index in [2.05, 4.69) is 0 Å². The first-order valence-corrected chi connectivity index (χ1v) is 6.77. The van der Waals surface area contributed by atoms with Crippen LogP contribution in [0.5, 0.6) is 0 Å². The van der Waals surface area contributed by atoms with Crippen LogP contribution in [0.2, 0.25) is 10.0 Å². The van der Waals surface area contributed by atoms with Gasteiger partial charge in [-0.15, -0.1) is 0 Å². The number of rotatable bonds is 3. The van der Waals surface area contributed by atoms with Crippen molar-refractivity contribution in [2.75, 3.05) is 0 Å². The topological polar surface area (TPSA) is 17.1 Å². The second-order valence-electron chi connectivity index (χ2n) is 4.65. The van der Waals surface area contributed by atoms with Gasteiger partial charge >= 0.3 is 0 Å². The Labute approximate surface area is 123 Å². The van der Waals surface area contributed by atoms with Crippen molar-refractivity contribution in [3.8, 4) is 0 Å². The summed E-state index contributed by atoms with van der Waals surface area (Å²) in [6, 6.07) is 11.0. The smallest absolute Gasteiger partial charge is 0.167 e. The third-order valence-corrected chi connectivity index (χ3v) is 3.64. The zero-order valence-electron chi connectivity index (χ0n) is 10.8. The number of halogens is 2. The van der Waals surface area contributed by atoms with Gasteiger partial charge in [0.2, 0.25) is 0 Å². The van der Waals surface area contributed by atoms with Crippen LogP contribution in [0.4, 0.5) is 0 Å². The van der Waals surface area contributed by atoms with Gasteiger partial charge in [-0.2, -0.15) is 0 Å². The minimum atomic E-state index is 0.0571. The summed E-state index contributed by atoms with van der Waals surface area (Å²) >= 11 is 12.0. The van der Waals surface area contributed by atoms with Crippen molar-refractivity contribution in [1.82, 2.24) is 0 Å². The first-order chi connectivity index (χ1) is 8.97. The van der Waals surface area contributed by atoms with E-state index in [0.717, 1.165) is 22.3 Å². The fourth-order valence-corrected chi connectivity index (χ4v) is 2.45. The molecule has 0 aliphatic carbocycles. The van der Waals surface area contributed by atoms with Gasteiger partial charge in [0.15, 0.2) is 5.78 Å². The van der Waals surface area contributed by atoms with Crippen molar-refractivity contribution < 1.29 is 4.79 Å². The molecule has 0 aliphatic heterocycles. The Kier molecular flexibility index (Phi) is 4.28. The van der Waals surface area contributed by atoms with E-state index in [1.807, 2.05) is 32.0 Å². The molecular formula is C16H14Cl2O. The number of ketones is 1. The van der Waals surface area contributed by atoms with Crippen LogP contribution in [0.25, 0.3) is 0 Å². The first kappa shape index (κ1) is 14.1. The molecule has 0 aliphatic rings. The van der Waals surface area contributed by atoms with Crippen LogP contribution in [-0.4, -0.2) is 5.78 Å². The van der Waals surface area contributed by atoms with Crippen molar-refractivity contribution in [3.63, 3.8) is 0 Å². The van der Waals surface area contributed by atoms with E-state index in [0.29, 0.717) is 10.0 Å². The number of carbonyl (C=O) groups excluding carboxylic acids is 1. The van der Waals surface area contributed by atoms with E-state index in [9.17, 15) is 4.79 Å². The van der Waals surface area contributed by atoms with Crippen molar-refractivity contribution in [2.24, 2.45) is 0 Å². The molecule has 0 spiro atoms. The van der Waals surface area contributed by atoms with Crippen LogP contribution in [0.15, 0.2) is 36.4 Å². The van der Waals surface area contributed by atoms with E-state index >= 15 is 0 Å². The molecule has 0 saturated carbocycles. The number of hydrogen-bond acceptors (Lipinski definition) is 1. The monoisotopic (exact) mass is 292 g/mol. The Hall–Kier alpha value is -1.31.